The number of hydrogen-bond donors (Lipinski definition) is 2. The van der Waals surface area contributed by atoms with E-state index in [-0.39, 0.29) is 40.7 Å². The van der Waals surface area contributed by atoms with E-state index in [9.17, 15) is 10.2 Å². The fraction of sp³-hybridized carbons (Fsp3) is 0.933. The van der Waals surface area contributed by atoms with Crippen molar-refractivity contribution in [3.05, 3.63) is 11.1 Å². The maximum absolute atomic E-state index is 10.8. The van der Waals surface area contributed by atoms with Gasteiger partial charge in [-0.25, -0.2) is 0 Å². The quantitative estimate of drug-likeness (QED) is 0.403. The van der Waals surface area contributed by atoms with Crippen LogP contribution in [-0.2, 0) is 9.47 Å². The average molecular weight is 475 g/mol. The number of ether oxygens (including phenoxy) is 2. The number of rotatable bonds is 0. The van der Waals surface area contributed by atoms with Gasteiger partial charge in [-0.05, 0) is 120 Å². The maximum atomic E-state index is 10.8. The van der Waals surface area contributed by atoms with Gasteiger partial charge in [0.1, 0.15) is 0 Å². The Morgan fingerprint density at radius 2 is 1.29 bits per heavy atom. The van der Waals surface area contributed by atoms with Gasteiger partial charge in [-0.3, -0.25) is 0 Å². The van der Waals surface area contributed by atoms with Crippen molar-refractivity contribution in [2.45, 2.75) is 155 Å². The second-order valence-corrected chi connectivity index (χ2v) is 14.5. The fourth-order valence-corrected chi connectivity index (χ4v) is 9.13. The first kappa shape index (κ1) is 25.2. The topological polar surface area (TPSA) is 58.9 Å². The SMILES string of the molecule is CC1(C)O[C@H]2CC/C(=C3/CC[C@H]4[C@]5(C)CC[C@H](O)C(C)(C)O[C@H]5CC[C@]34C)C[C@]2(C)CC[C@@H]1O. The number of hydrogen-bond acceptors (Lipinski definition) is 4. The monoisotopic (exact) mass is 474 g/mol. The molecule has 3 aliphatic carbocycles. The molecule has 4 heteroatoms. The third-order valence-corrected chi connectivity index (χ3v) is 11.6. The summed E-state index contributed by atoms with van der Waals surface area (Å²) in [6.45, 7) is 15.7. The summed E-state index contributed by atoms with van der Waals surface area (Å²) < 4.78 is 13.3. The van der Waals surface area contributed by atoms with Crippen molar-refractivity contribution >= 4 is 0 Å². The van der Waals surface area contributed by atoms with Crippen LogP contribution in [0.15, 0.2) is 11.1 Å². The molecule has 2 heterocycles. The van der Waals surface area contributed by atoms with Crippen molar-refractivity contribution < 1.29 is 19.7 Å². The molecule has 0 unspecified atom stereocenters. The fourth-order valence-electron chi connectivity index (χ4n) is 9.13. The van der Waals surface area contributed by atoms with Crippen molar-refractivity contribution in [1.82, 2.24) is 0 Å². The molecular formula is C30H50O4. The van der Waals surface area contributed by atoms with Crippen molar-refractivity contribution in [1.29, 1.82) is 0 Å². The molecule has 3 saturated carbocycles. The smallest absolute Gasteiger partial charge is 0.0888 e. The Hall–Kier alpha value is -0.420. The number of allylic oxidation sites excluding steroid dienone is 2. The normalized spacial score (nSPS) is 52.7. The van der Waals surface area contributed by atoms with Gasteiger partial charge in [-0.15, -0.1) is 0 Å². The summed E-state index contributed by atoms with van der Waals surface area (Å²) in [6, 6.07) is 0. The summed E-state index contributed by atoms with van der Waals surface area (Å²) in [5.74, 6) is 0.624. The molecule has 0 radical (unpaired) electrons. The largest absolute Gasteiger partial charge is 0.390 e. The molecule has 5 aliphatic rings. The molecule has 0 aromatic heterocycles. The van der Waals surface area contributed by atoms with E-state index in [0.29, 0.717) is 5.92 Å². The van der Waals surface area contributed by atoms with Gasteiger partial charge in [0.05, 0.1) is 35.6 Å². The predicted molar refractivity (Wildman–Crippen MR) is 136 cm³/mol. The molecule has 5 rings (SSSR count). The number of aliphatic hydroxyl groups excluding tert-OH is 2. The highest BCUT2D eigenvalue weighted by atomic mass is 16.5. The lowest BCUT2D eigenvalue weighted by atomic mass is 9.53. The standard InChI is InChI=1S/C30H50O4/c1-26(2)22(31)12-15-28(5)18-19(8-11-24(28)33-26)20-9-10-21-29(20,6)17-14-25-30(21,7)16-13-23(32)27(3,4)34-25/h21-25,31-32H,8-18H2,1-7H3/b20-19+/t21-,22+,23+,24+,25+,28+,29-,30+/m1/s1. The third kappa shape index (κ3) is 3.76. The second-order valence-electron chi connectivity index (χ2n) is 14.5. The summed E-state index contributed by atoms with van der Waals surface area (Å²) in [5.41, 5.74) is 3.04. The Bertz CT molecular complexity index is 845. The van der Waals surface area contributed by atoms with Crippen molar-refractivity contribution in [3.8, 4) is 0 Å². The molecule has 0 aromatic rings. The molecule has 0 aromatic carbocycles. The molecule has 0 amide bonds. The van der Waals surface area contributed by atoms with Crippen LogP contribution in [0, 0.1) is 22.2 Å². The van der Waals surface area contributed by atoms with Gasteiger partial charge in [0, 0.05) is 0 Å². The van der Waals surface area contributed by atoms with Gasteiger partial charge in [0.25, 0.3) is 0 Å². The Labute approximate surface area is 207 Å². The summed E-state index contributed by atoms with van der Waals surface area (Å²) in [5, 5.41) is 21.5. The summed E-state index contributed by atoms with van der Waals surface area (Å²) in [7, 11) is 0. The van der Waals surface area contributed by atoms with Crippen LogP contribution in [0.3, 0.4) is 0 Å². The van der Waals surface area contributed by atoms with E-state index in [1.165, 1.54) is 19.3 Å². The predicted octanol–water partition coefficient (Wildman–Crippen LogP) is 6.33. The van der Waals surface area contributed by atoms with Crippen LogP contribution in [0.2, 0.25) is 0 Å². The molecule has 4 nitrogen and oxygen atoms in total. The van der Waals surface area contributed by atoms with E-state index in [1.54, 1.807) is 11.1 Å². The summed E-state index contributed by atoms with van der Waals surface area (Å²) in [4.78, 5) is 0. The highest BCUT2D eigenvalue weighted by molar-refractivity contribution is 5.32. The van der Waals surface area contributed by atoms with Crippen molar-refractivity contribution in [2.24, 2.45) is 22.2 Å². The van der Waals surface area contributed by atoms with E-state index in [2.05, 4.69) is 48.5 Å². The Balaban J connectivity index is 1.44. The Morgan fingerprint density at radius 3 is 1.97 bits per heavy atom. The van der Waals surface area contributed by atoms with Gasteiger partial charge in [0.15, 0.2) is 0 Å². The van der Waals surface area contributed by atoms with Gasteiger partial charge >= 0.3 is 0 Å². The second kappa shape index (κ2) is 8.04. The number of aliphatic hydroxyl groups is 2. The average Bonchev–Trinajstić information content (AvgIpc) is 3.04. The maximum Gasteiger partial charge on any atom is 0.0888 e. The zero-order chi connectivity index (χ0) is 24.7. The molecular weight excluding hydrogens is 424 g/mol. The lowest BCUT2D eigenvalue weighted by Crippen LogP contribution is -2.52. The molecule has 5 fully saturated rings. The lowest BCUT2D eigenvalue weighted by Gasteiger charge is -2.54. The van der Waals surface area contributed by atoms with Crippen LogP contribution in [0.25, 0.3) is 0 Å². The van der Waals surface area contributed by atoms with Crippen LogP contribution in [0.1, 0.15) is 119 Å². The summed E-state index contributed by atoms with van der Waals surface area (Å²) in [6.07, 6.45) is 11.6. The van der Waals surface area contributed by atoms with Gasteiger partial charge < -0.3 is 19.7 Å². The molecule has 2 N–H and O–H groups in total. The van der Waals surface area contributed by atoms with E-state index in [0.717, 1.165) is 51.4 Å². The van der Waals surface area contributed by atoms with Crippen molar-refractivity contribution in [3.63, 3.8) is 0 Å². The van der Waals surface area contributed by atoms with Crippen molar-refractivity contribution in [2.75, 3.05) is 0 Å². The van der Waals surface area contributed by atoms with Crippen LogP contribution in [-0.4, -0.2) is 45.8 Å². The molecule has 0 bridgehead atoms. The minimum Gasteiger partial charge on any atom is -0.390 e. The first-order valence-electron chi connectivity index (χ1n) is 14.1. The molecule has 0 spiro atoms. The highest BCUT2D eigenvalue weighted by Gasteiger charge is 2.60. The van der Waals surface area contributed by atoms with E-state index in [1.807, 2.05) is 0 Å². The lowest BCUT2D eigenvalue weighted by molar-refractivity contribution is -0.181. The minimum atomic E-state index is -0.457. The minimum absolute atomic E-state index is 0.116. The van der Waals surface area contributed by atoms with Crippen LogP contribution >= 0.6 is 0 Å². The van der Waals surface area contributed by atoms with E-state index in [4.69, 9.17) is 9.47 Å². The Morgan fingerprint density at radius 1 is 0.676 bits per heavy atom. The van der Waals surface area contributed by atoms with E-state index < -0.39 is 11.2 Å². The first-order valence-corrected chi connectivity index (χ1v) is 14.1. The van der Waals surface area contributed by atoms with Crippen LogP contribution in [0.4, 0.5) is 0 Å². The summed E-state index contributed by atoms with van der Waals surface area (Å²) >= 11 is 0. The first-order chi connectivity index (χ1) is 15.7. The molecule has 2 saturated heterocycles. The van der Waals surface area contributed by atoms with Crippen LogP contribution < -0.4 is 0 Å². The molecule has 194 valence electrons. The Kier molecular flexibility index (Phi) is 5.97. The van der Waals surface area contributed by atoms with E-state index >= 15 is 0 Å². The molecule has 34 heavy (non-hydrogen) atoms. The zero-order valence-electron chi connectivity index (χ0n) is 22.9. The molecule has 8 atom stereocenters. The van der Waals surface area contributed by atoms with Crippen LogP contribution in [0.5, 0.6) is 0 Å². The zero-order valence-corrected chi connectivity index (χ0v) is 22.9. The van der Waals surface area contributed by atoms with Gasteiger partial charge in [-0.1, -0.05) is 31.9 Å². The molecule has 2 aliphatic heterocycles. The number of fused-ring (bicyclic) bond motifs is 4. The van der Waals surface area contributed by atoms with Gasteiger partial charge in [0.2, 0.25) is 0 Å². The third-order valence-electron chi connectivity index (χ3n) is 11.6. The highest BCUT2D eigenvalue weighted by Crippen LogP contribution is 2.66. The van der Waals surface area contributed by atoms with Gasteiger partial charge in [-0.2, -0.15) is 0 Å².